The highest BCUT2D eigenvalue weighted by atomic mass is 16.5. The molecule has 5 nitrogen and oxygen atoms in total. The van der Waals surface area contributed by atoms with Crippen LogP contribution in [0.25, 0.3) is 0 Å². The van der Waals surface area contributed by atoms with Gasteiger partial charge in [0, 0.05) is 32.7 Å². The second kappa shape index (κ2) is 7.26. The van der Waals surface area contributed by atoms with Crippen molar-refractivity contribution in [1.29, 1.82) is 0 Å². The van der Waals surface area contributed by atoms with Crippen LogP contribution in [0.1, 0.15) is 12.5 Å². The minimum Gasteiger partial charge on any atom is -0.497 e. The Kier molecular flexibility index (Phi) is 5.38. The van der Waals surface area contributed by atoms with E-state index in [0.717, 1.165) is 37.5 Å². The summed E-state index contributed by atoms with van der Waals surface area (Å²) in [7, 11) is 1.64. The van der Waals surface area contributed by atoms with Crippen molar-refractivity contribution in [3.05, 3.63) is 29.8 Å². The van der Waals surface area contributed by atoms with Crippen molar-refractivity contribution in [3.8, 4) is 5.75 Å². The summed E-state index contributed by atoms with van der Waals surface area (Å²) >= 11 is 0. The summed E-state index contributed by atoms with van der Waals surface area (Å²) < 4.78 is 5.11. The third kappa shape index (κ3) is 3.95. The van der Waals surface area contributed by atoms with Crippen molar-refractivity contribution in [2.24, 2.45) is 0 Å². The van der Waals surface area contributed by atoms with Crippen LogP contribution >= 0.6 is 0 Å². The number of benzene rings is 1. The van der Waals surface area contributed by atoms with Gasteiger partial charge in [-0.2, -0.15) is 0 Å². The first-order chi connectivity index (χ1) is 9.70. The number of nitrogens with zero attached hydrogens (tertiary/aromatic N) is 1. The number of nitrogens with one attached hydrogen (secondary N) is 2. The summed E-state index contributed by atoms with van der Waals surface area (Å²) in [5.41, 5.74) is 1.08. The molecule has 1 aliphatic heterocycles. The van der Waals surface area contributed by atoms with E-state index in [1.807, 2.05) is 31.2 Å². The Morgan fingerprint density at radius 2 is 2.00 bits per heavy atom. The van der Waals surface area contributed by atoms with Crippen LogP contribution in [-0.4, -0.2) is 50.1 Å². The number of rotatable bonds is 5. The lowest BCUT2D eigenvalue weighted by atomic mass is 10.2. The second-order valence-corrected chi connectivity index (χ2v) is 5.03. The van der Waals surface area contributed by atoms with Gasteiger partial charge >= 0.3 is 0 Å². The molecule has 0 aliphatic carbocycles. The van der Waals surface area contributed by atoms with Gasteiger partial charge in [0.05, 0.1) is 13.2 Å². The molecule has 1 heterocycles. The van der Waals surface area contributed by atoms with Crippen molar-refractivity contribution < 1.29 is 9.53 Å². The predicted molar refractivity (Wildman–Crippen MR) is 78.7 cm³/mol. The number of hydrogen-bond donors (Lipinski definition) is 2. The van der Waals surface area contributed by atoms with Gasteiger partial charge < -0.3 is 15.4 Å². The van der Waals surface area contributed by atoms with Crippen LogP contribution in [0.3, 0.4) is 0 Å². The van der Waals surface area contributed by atoms with Crippen LogP contribution in [0.2, 0.25) is 0 Å². The molecule has 1 atom stereocenters. The molecule has 1 aliphatic rings. The molecule has 0 aromatic heterocycles. The maximum Gasteiger partial charge on any atom is 0.237 e. The van der Waals surface area contributed by atoms with E-state index < -0.39 is 0 Å². The number of amides is 1. The molecule has 1 fully saturated rings. The summed E-state index contributed by atoms with van der Waals surface area (Å²) in [6.07, 6.45) is 0. The summed E-state index contributed by atoms with van der Waals surface area (Å²) in [5, 5.41) is 6.28. The van der Waals surface area contributed by atoms with E-state index in [4.69, 9.17) is 4.74 Å². The zero-order valence-electron chi connectivity index (χ0n) is 12.2. The molecule has 5 heteroatoms. The number of carbonyl (C=O) groups is 1. The Bertz CT molecular complexity index is 427. The average molecular weight is 277 g/mol. The highest BCUT2D eigenvalue weighted by molar-refractivity contribution is 5.81. The quantitative estimate of drug-likeness (QED) is 0.828. The lowest BCUT2D eigenvalue weighted by Gasteiger charge is -2.31. The van der Waals surface area contributed by atoms with Crippen molar-refractivity contribution >= 4 is 5.91 Å². The highest BCUT2D eigenvalue weighted by Gasteiger charge is 2.22. The Hall–Kier alpha value is -1.59. The molecular formula is C15H23N3O2. The summed E-state index contributed by atoms with van der Waals surface area (Å²) in [5.74, 6) is 0.914. The van der Waals surface area contributed by atoms with Gasteiger partial charge in [0.1, 0.15) is 5.75 Å². The zero-order valence-corrected chi connectivity index (χ0v) is 12.2. The normalized spacial score (nSPS) is 17.5. The molecule has 0 spiro atoms. The molecule has 1 amide bonds. The third-order valence-electron chi connectivity index (χ3n) is 3.70. The van der Waals surface area contributed by atoms with E-state index in [1.54, 1.807) is 7.11 Å². The van der Waals surface area contributed by atoms with E-state index in [-0.39, 0.29) is 11.9 Å². The van der Waals surface area contributed by atoms with Crippen LogP contribution in [0, 0.1) is 0 Å². The maximum absolute atomic E-state index is 12.1. The third-order valence-corrected chi connectivity index (χ3v) is 3.70. The van der Waals surface area contributed by atoms with E-state index in [2.05, 4.69) is 15.5 Å². The van der Waals surface area contributed by atoms with Crippen molar-refractivity contribution in [1.82, 2.24) is 15.5 Å². The van der Waals surface area contributed by atoms with Crippen molar-refractivity contribution in [3.63, 3.8) is 0 Å². The first-order valence-corrected chi connectivity index (χ1v) is 7.06. The molecule has 2 N–H and O–H groups in total. The smallest absolute Gasteiger partial charge is 0.237 e. The van der Waals surface area contributed by atoms with Crippen molar-refractivity contribution in [2.75, 3.05) is 33.3 Å². The average Bonchev–Trinajstić information content (AvgIpc) is 2.53. The van der Waals surface area contributed by atoms with Gasteiger partial charge in [0.25, 0.3) is 0 Å². The maximum atomic E-state index is 12.1. The van der Waals surface area contributed by atoms with E-state index >= 15 is 0 Å². The minimum absolute atomic E-state index is 0.0738. The Morgan fingerprint density at radius 1 is 1.35 bits per heavy atom. The Morgan fingerprint density at radius 3 is 2.60 bits per heavy atom. The van der Waals surface area contributed by atoms with E-state index in [0.29, 0.717) is 6.54 Å². The standard InChI is InChI=1S/C15H23N3O2/c1-12(18-9-7-16-8-10-18)15(19)17-11-13-3-5-14(20-2)6-4-13/h3-6,12,16H,7-11H2,1-2H3,(H,17,19). The van der Waals surface area contributed by atoms with E-state index in [9.17, 15) is 4.79 Å². The number of carbonyl (C=O) groups excluding carboxylic acids is 1. The van der Waals surface area contributed by atoms with Crippen molar-refractivity contribution in [2.45, 2.75) is 19.5 Å². The van der Waals surface area contributed by atoms with Gasteiger partial charge in [-0.05, 0) is 24.6 Å². The number of ether oxygens (including phenoxy) is 1. The fraction of sp³-hybridized carbons (Fsp3) is 0.533. The van der Waals surface area contributed by atoms with Crippen LogP contribution in [0.4, 0.5) is 0 Å². The van der Waals surface area contributed by atoms with Gasteiger partial charge in [-0.1, -0.05) is 12.1 Å². The molecular weight excluding hydrogens is 254 g/mol. The molecule has 2 rings (SSSR count). The summed E-state index contributed by atoms with van der Waals surface area (Å²) in [6.45, 7) is 6.29. The fourth-order valence-electron chi connectivity index (χ4n) is 2.32. The molecule has 1 aromatic rings. The van der Waals surface area contributed by atoms with Crippen LogP contribution in [0.15, 0.2) is 24.3 Å². The number of piperazine rings is 1. The number of methoxy groups -OCH3 is 1. The molecule has 1 aromatic carbocycles. The summed E-state index contributed by atoms with van der Waals surface area (Å²) in [4.78, 5) is 14.3. The molecule has 110 valence electrons. The molecule has 1 saturated heterocycles. The lowest BCUT2D eigenvalue weighted by molar-refractivity contribution is -0.126. The van der Waals surface area contributed by atoms with Gasteiger partial charge in [0.2, 0.25) is 5.91 Å². The van der Waals surface area contributed by atoms with Crippen LogP contribution in [0.5, 0.6) is 5.75 Å². The molecule has 0 saturated carbocycles. The van der Waals surface area contributed by atoms with Gasteiger partial charge in [-0.25, -0.2) is 0 Å². The SMILES string of the molecule is COc1ccc(CNC(=O)C(C)N2CCNCC2)cc1. The fourth-order valence-corrected chi connectivity index (χ4v) is 2.32. The summed E-state index contributed by atoms with van der Waals surface area (Å²) in [6, 6.07) is 7.67. The second-order valence-electron chi connectivity index (χ2n) is 5.03. The molecule has 0 radical (unpaired) electrons. The topological polar surface area (TPSA) is 53.6 Å². The Labute approximate surface area is 120 Å². The molecule has 1 unspecified atom stereocenters. The monoisotopic (exact) mass is 277 g/mol. The lowest BCUT2D eigenvalue weighted by Crippen LogP contribution is -2.52. The predicted octanol–water partition coefficient (Wildman–Crippen LogP) is 0.605. The van der Waals surface area contributed by atoms with Crippen LogP contribution in [-0.2, 0) is 11.3 Å². The minimum atomic E-state index is -0.0738. The zero-order chi connectivity index (χ0) is 14.4. The first-order valence-electron chi connectivity index (χ1n) is 7.06. The van der Waals surface area contributed by atoms with E-state index in [1.165, 1.54) is 0 Å². The van der Waals surface area contributed by atoms with Gasteiger partial charge in [0.15, 0.2) is 0 Å². The van der Waals surface area contributed by atoms with Gasteiger partial charge in [-0.15, -0.1) is 0 Å². The largest absolute Gasteiger partial charge is 0.497 e. The van der Waals surface area contributed by atoms with Gasteiger partial charge in [-0.3, -0.25) is 9.69 Å². The highest BCUT2D eigenvalue weighted by Crippen LogP contribution is 2.11. The molecule has 20 heavy (non-hydrogen) atoms. The van der Waals surface area contributed by atoms with Crippen LogP contribution < -0.4 is 15.4 Å². The molecule has 0 bridgehead atoms. The Balaban J connectivity index is 1.81. The first kappa shape index (κ1) is 14.8. The number of hydrogen-bond acceptors (Lipinski definition) is 4.